The monoisotopic (exact) mass is 383 g/mol. The number of carbonyl (C=O) groups excluding carboxylic acids is 1. The fourth-order valence-electron chi connectivity index (χ4n) is 2.49. The van der Waals surface area contributed by atoms with Crippen molar-refractivity contribution >= 4 is 22.0 Å². The molecule has 0 atom stereocenters. The Kier molecular flexibility index (Phi) is 5.95. The minimum absolute atomic E-state index is 0.252. The molecule has 0 spiro atoms. The van der Waals surface area contributed by atoms with Gasteiger partial charge in [0.2, 0.25) is 0 Å². The summed E-state index contributed by atoms with van der Waals surface area (Å²) in [6, 6.07) is 4.09. The van der Waals surface area contributed by atoms with Crippen LogP contribution in [0, 0.1) is 0 Å². The maximum Gasteiger partial charge on any atom is 0.410 e. The molecular formula is C18H26BrNO3. The first kappa shape index (κ1) is 18.1. The van der Waals surface area contributed by atoms with Crippen LogP contribution in [0.25, 0.3) is 0 Å². The summed E-state index contributed by atoms with van der Waals surface area (Å²) in [6.45, 7) is 9.80. The molecule has 2 rings (SSSR count). The van der Waals surface area contributed by atoms with E-state index >= 15 is 0 Å². The number of fused-ring (bicyclic) bond motifs is 1. The van der Waals surface area contributed by atoms with Gasteiger partial charge in [0.1, 0.15) is 11.4 Å². The van der Waals surface area contributed by atoms with Crippen molar-refractivity contribution in [2.75, 3.05) is 13.2 Å². The van der Waals surface area contributed by atoms with Gasteiger partial charge in [0.15, 0.2) is 0 Å². The van der Waals surface area contributed by atoms with Crippen LogP contribution in [-0.4, -0.2) is 29.7 Å². The second-order valence-electron chi connectivity index (χ2n) is 6.90. The highest BCUT2D eigenvalue weighted by atomic mass is 79.9. The summed E-state index contributed by atoms with van der Waals surface area (Å²) in [6.07, 6.45) is 2.74. The maximum absolute atomic E-state index is 12.2. The Morgan fingerprint density at radius 2 is 2.09 bits per heavy atom. The first-order valence-corrected chi connectivity index (χ1v) is 9.01. The molecule has 0 bridgehead atoms. The van der Waals surface area contributed by atoms with Gasteiger partial charge in [0.05, 0.1) is 13.2 Å². The van der Waals surface area contributed by atoms with Gasteiger partial charge < -0.3 is 14.4 Å². The summed E-state index contributed by atoms with van der Waals surface area (Å²) in [5.74, 6) is 0.898. The third-order valence-electron chi connectivity index (χ3n) is 3.68. The maximum atomic E-state index is 12.2. The Morgan fingerprint density at radius 1 is 1.35 bits per heavy atom. The predicted octanol–water partition coefficient (Wildman–Crippen LogP) is 4.92. The van der Waals surface area contributed by atoms with E-state index in [4.69, 9.17) is 9.47 Å². The number of hydrogen-bond acceptors (Lipinski definition) is 3. The highest BCUT2D eigenvalue weighted by molar-refractivity contribution is 9.10. The van der Waals surface area contributed by atoms with E-state index in [0.29, 0.717) is 13.1 Å². The van der Waals surface area contributed by atoms with Crippen LogP contribution in [-0.2, 0) is 17.7 Å². The first-order chi connectivity index (χ1) is 10.8. The van der Waals surface area contributed by atoms with E-state index in [2.05, 4.69) is 28.9 Å². The zero-order valence-corrected chi connectivity index (χ0v) is 16.0. The Labute approximate surface area is 147 Å². The lowest BCUT2D eigenvalue weighted by molar-refractivity contribution is 0.0223. The number of amides is 1. The number of hydrogen-bond donors (Lipinski definition) is 0. The van der Waals surface area contributed by atoms with Gasteiger partial charge in [-0.2, -0.15) is 0 Å². The van der Waals surface area contributed by atoms with Crippen LogP contribution in [0.1, 0.15) is 51.7 Å². The van der Waals surface area contributed by atoms with E-state index in [9.17, 15) is 4.79 Å². The molecule has 1 heterocycles. The Balaban J connectivity index is 2.08. The molecule has 0 aromatic heterocycles. The molecule has 5 heteroatoms. The van der Waals surface area contributed by atoms with Crippen molar-refractivity contribution < 1.29 is 14.3 Å². The van der Waals surface area contributed by atoms with E-state index in [1.165, 1.54) is 5.56 Å². The molecule has 4 nitrogen and oxygen atoms in total. The first-order valence-electron chi connectivity index (χ1n) is 8.22. The third kappa shape index (κ3) is 5.13. The van der Waals surface area contributed by atoms with Crippen molar-refractivity contribution in [2.45, 2.75) is 59.1 Å². The molecule has 128 valence electrons. The molecule has 0 radical (unpaired) electrons. The number of halogens is 1. The lowest BCUT2D eigenvalue weighted by Crippen LogP contribution is -2.40. The quantitative estimate of drug-likeness (QED) is 0.692. The summed E-state index contributed by atoms with van der Waals surface area (Å²) < 4.78 is 12.3. The van der Waals surface area contributed by atoms with Crippen molar-refractivity contribution in [3.8, 4) is 5.75 Å². The predicted molar refractivity (Wildman–Crippen MR) is 94.9 cm³/mol. The second kappa shape index (κ2) is 7.56. The minimum Gasteiger partial charge on any atom is -0.494 e. The standard InChI is InChI=1S/C18H26BrNO3/c1-5-6-9-22-14-10-13-7-8-20(12-15(13)16(19)11-14)17(21)23-18(2,3)4/h10-11H,5-9,12H2,1-4H3. The normalized spacial score (nSPS) is 14.4. The number of carbonyl (C=O) groups is 1. The van der Waals surface area contributed by atoms with Crippen molar-refractivity contribution in [2.24, 2.45) is 0 Å². The number of nitrogens with zero attached hydrogens (tertiary/aromatic N) is 1. The average Bonchev–Trinajstić information content (AvgIpc) is 2.45. The van der Waals surface area contributed by atoms with E-state index in [0.717, 1.165) is 41.7 Å². The fraction of sp³-hybridized carbons (Fsp3) is 0.611. The van der Waals surface area contributed by atoms with Gasteiger partial charge >= 0.3 is 6.09 Å². The van der Waals surface area contributed by atoms with Gasteiger partial charge in [-0.3, -0.25) is 0 Å². The highest BCUT2D eigenvalue weighted by Crippen LogP contribution is 2.32. The largest absolute Gasteiger partial charge is 0.494 e. The Bertz CT molecular complexity index is 566. The summed E-state index contributed by atoms with van der Waals surface area (Å²) in [5, 5.41) is 0. The number of ether oxygens (including phenoxy) is 2. The third-order valence-corrected chi connectivity index (χ3v) is 4.39. The second-order valence-corrected chi connectivity index (χ2v) is 7.75. The molecule has 0 N–H and O–H groups in total. The van der Waals surface area contributed by atoms with Crippen molar-refractivity contribution in [1.82, 2.24) is 4.90 Å². The zero-order chi connectivity index (χ0) is 17.0. The van der Waals surface area contributed by atoms with Gasteiger partial charge in [0, 0.05) is 11.0 Å². The SMILES string of the molecule is CCCCOc1cc(Br)c2c(c1)CCN(C(=O)OC(C)(C)C)C2. The Hall–Kier alpha value is -1.23. The lowest BCUT2D eigenvalue weighted by atomic mass is 9.99. The number of rotatable bonds is 4. The molecule has 1 aromatic carbocycles. The van der Waals surface area contributed by atoms with E-state index in [-0.39, 0.29) is 6.09 Å². The topological polar surface area (TPSA) is 38.8 Å². The summed E-state index contributed by atoms with van der Waals surface area (Å²) >= 11 is 3.62. The summed E-state index contributed by atoms with van der Waals surface area (Å²) in [7, 11) is 0. The van der Waals surface area contributed by atoms with E-state index in [1.54, 1.807) is 4.90 Å². The smallest absolute Gasteiger partial charge is 0.410 e. The molecule has 1 aliphatic heterocycles. The molecule has 1 amide bonds. The molecule has 0 fully saturated rings. The van der Waals surface area contributed by atoms with Crippen LogP contribution in [0.5, 0.6) is 5.75 Å². The van der Waals surface area contributed by atoms with Crippen LogP contribution in [0.4, 0.5) is 4.79 Å². The lowest BCUT2D eigenvalue weighted by Gasteiger charge is -2.32. The molecule has 1 aliphatic rings. The van der Waals surface area contributed by atoms with Crippen molar-refractivity contribution in [3.05, 3.63) is 27.7 Å². The van der Waals surface area contributed by atoms with E-state index in [1.807, 2.05) is 26.8 Å². The van der Waals surface area contributed by atoms with Crippen molar-refractivity contribution in [1.29, 1.82) is 0 Å². The molecule has 0 aliphatic carbocycles. The number of unbranched alkanes of at least 4 members (excludes halogenated alkanes) is 1. The van der Waals surface area contributed by atoms with Gasteiger partial charge in [-0.25, -0.2) is 4.79 Å². The molecule has 0 saturated heterocycles. The fourth-order valence-corrected chi connectivity index (χ4v) is 3.10. The van der Waals surface area contributed by atoms with Crippen LogP contribution < -0.4 is 4.74 Å². The van der Waals surface area contributed by atoms with Crippen LogP contribution in [0.3, 0.4) is 0 Å². The van der Waals surface area contributed by atoms with Gasteiger partial charge in [-0.15, -0.1) is 0 Å². The van der Waals surface area contributed by atoms with Gasteiger partial charge in [-0.05, 0) is 56.9 Å². The summed E-state index contributed by atoms with van der Waals surface area (Å²) in [4.78, 5) is 14.0. The molecular weight excluding hydrogens is 358 g/mol. The molecule has 1 aromatic rings. The minimum atomic E-state index is -0.467. The van der Waals surface area contributed by atoms with Crippen LogP contribution in [0.15, 0.2) is 16.6 Å². The number of benzene rings is 1. The van der Waals surface area contributed by atoms with Gasteiger partial charge in [-0.1, -0.05) is 29.3 Å². The summed E-state index contributed by atoms with van der Waals surface area (Å²) in [5.41, 5.74) is 1.92. The van der Waals surface area contributed by atoms with Crippen molar-refractivity contribution in [3.63, 3.8) is 0 Å². The molecule has 0 unspecified atom stereocenters. The average molecular weight is 384 g/mol. The molecule has 0 saturated carbocycles. The van der Waals surface area contributed by atoms with Crippen LogP contribution in [0.2, 0.25) is 0 Å². The zero-order valence-electron chi connectivity index (χ0n) is 14.4. The Morgan fingerprint density at radius 3 is 2.74 bits per heavy atom. The van der Waals surface area contributed by atoms with E-state index < -0.39 is 5.60 Å². The van der Waals surface area contributed by atoms with Crippen LogP contribution >= 0.6 is 15.9 Å². The molecule has 23 heavy (non-hydrogen) atoms. The highest BCUT2D eigenvalue weighted by Gasteiger charge is 2.27. The van der Waals surface area contributed by atoms with Gasteiger partial charge in [0.25, 0.3) is 0 Å².